The van der Waals surface area contributed by atoms with Crippen LogP contribution in [0.2, 0.25) is 5.02 Å². The molecule has 0 N–H and O–H groups in total. The highest BCUT2D eigenvalue weighted by molar-refractivity contribution is 9.10. The lowest BCUT2D eigenvalue weighted by Crippen LogP contribution is -2.30. The van der Waals surface area contributed by atoms with Crippen molar-refractivity contribution in [2.24, 2.45) is 0 Å². The first-order valence-corrected chi connectivity index (χ1v) is 7.63. The van der Waals surface area contributed by atoms with E-state index in [4.69, 9.17) is 16.3 Å². The number of likely N-dealkylation sites (N-methyl/N-ethyl adjacent to an activating group) is 1. The summed E-state index contributed by atoms with van der Waals surface area (Å²) in [7, 11) is 1.75. The van der Waals surface area contributed by atoms with Crippen molar-refractivity contribution in [3.8, 4) is 5.75 Å². The molecule has 0 aromatic heterocycles. The van der Waals surface area contributed by atoms with Gasteiger partial charge in [0.25, 0.3) is 5.91 Å². The summed E-state index contributed by atoms with van der Waals surface area (Å²) in [4.78, 5) is 13.8. The van der Waals surface area contributed by atoms with Crippen molar-refractivity contribution in [1.82, 2.24) is 4.90 Å². The third-order valence-corrected chi connectivity index (χ3v) is 3.80. The summed E-state index contributed by atoms with van der Waals surface area (Å²) >= 11 is 9.35. The van der Waals surface area contributed by atoms with Gasteiger partial charge in [-0.1, -0.05) is 39.7 Å². The molecule has 2 aromatic carbocycles. The minimum Gasteiger partial charge on any atom is -0.490 e. The summed E-state index contributed by atoms with van der Waals surface area (Å²) in [5.41, 5.74) is 0.651. The van der Waals surface area contributed by atoms with Gasteiger partial charge in [0.1, 0.15) is 12.4 Å². The van der Waals surface area contributed by atoms with Crippen molar-refractivity contribution in [2.45, 2.75) is 0 Å². The quantitative estimate of drug-likeness (QED) is 0.789. The molecule has 0 unspecified atom stereocenters. The van der Waals surface area contributed by atoms with Crippen LogP contribution in [0.4, 0.5) is 0 Å². The molecule has 0 aliphatic carbocycles. The third kappa shape index (κ3) is 4.48. The molecule has 0 radical (unpaired) electrons. The van der Waals surface area contributed by atoms with E-state index in [2.05, 4.69) is 15.9 Å². The monoisotopic (exact) mass is 367 g/mol. The summed E-state index contributed by atoms with van der Waals surface area (Å²) in [5.74, 6) is 0.592. The standard InChI is InChI=1S/C16H15BrClNO2/c1-19(16(20)12-6-8-13(17)9-7-12)10-11-21-15-5-3-2-4-14(15)18/h2-9H,10-11H2,1H3. The molecule has 1 amide bonds. The Morgan fingerprint density at radius 1 is 1.19 bits per heavy atom. The Kier molecular flexibility index (Phi) is 5.65. The van der Waals surface area contributed by atoms with Crippen LogP contribution >= 0.6 is 27.5 Å². The van der Waals surface area contributed by atoms with Crippen LogP contribution in [0, 0.1) is 0 Å². The van der Waals surface area contributed by atoms with Crippen LogP contribution in [-0.2, 0) is 0 Å². The number of hydrogen-bond donors (Lipinski definition) is 0. The number of nitrogens with zero attached hydrogens (tertiary/aromatic N) is 1. The van der Waals surface area contributed by atoms with Crippen molar-refractivity contribution in [3.05, 3.63) is 63.6 Å². The van der Waals surface area contributed by atoms with Gasteiger partial charge in [-0.2, -0.15) is 0 Å². The van der Waals surface area contributed by atoms with E-state index >= 15 is 0 Å². The van der Waals surface area contributed by atoms with Crippen LogP contribution in [0.3, 0.4) is 0 Å². The SMILES string of the molecule is CN(CCOc1ccccc1Cl)C(=O)c1ccc(Br)cc1. The van der Waals surface area contributed by atoms with E-state index in [1.807, 2.05) is 24.3 Å². The zero-order chi connectivity index (χ0) is 15.2. The number of benzene rings is 2. The van der Waals surface area contributed by atoms with Gasteiger partial charge in [-0.3, -0.25) is 4.79 Å². The second-order valence-electron chi connectivity index (χ2n) is 4.51. The van der Waals surface area contributed by atoms with Gasteiger partial charge in [-0.05, 0) is 36.4 Å². The van der Waals surface area contributed by atoms with Crippen LogP contribution < -0.4 is 4.74 Å². The fourth-order valence-electron chi connectivity index (χ4n) is 1.77. The minimum atomic E-state index is -0.0368. The fraction of sp³-hybridized carbons (Fsp3) is 0.188. The van der Waals surface area contributed by atoms with Crippen molar-refractivity contribution in [2.75, 3.05) is 20.2 Å². The smallest absolute Gasteiger partial charge is 0.253 e. The van der Waals surface area contributed by atoms with Crippen LogP contribution in [0.15, 0.2) is 53.0 Å². The first-order valence-electron chi connectivity index (χ1n) is 6.46. The number of rotatable bonds is 5. The summed E-state index contributed by atoms with van der Waals surface area (Å²) in [5, 5.41) is 0.569. The maximum absolute atomic E-state index is 12.2. The van der Waals surface area contributed by atoms with Crippen molar-refractivity contribution >= 4 is 33.4 Å². The lowest BCUT2D eigenvalue weighted by Gasteiger charge is -2.18. The van der Waals surface area contributed by atoms with E-state index in [1.54, 1.807) is 36.2 Å². The Morgan fingerprint density at radius 2 is 1.86 bits per heavy atom. The predicted molar refractivity (Wildman–Crippen MR) is 88.0 cm³/mol. The van der Waals surface area contributed by atoms with E-state index in [0.29, 0.717) is 29.5 Å². The molecule has 0 saturated heterocycles. The average molecular weight is 369 g/mol. The highest BCUT2D eigenvalue weighted by Crippen LogP contribution is 2.22. The highest BCUT2D eigenvalue weighted by atomic mass is 79.9. The second-order valence-corrected chi connectivity index (χ2v) is 5.84. The molecule has 3 nitrogen and oxygen atoms in total. The van der Waals surface area contributed by atoms with E-state index in [-0.39, 0.29) is 5.91 Å². The largest absolute Gasteiger partial charge is 0.490 e. The number of carbonyl (C=O) groups excluding carboxylic acids is 1. The molecule has 21 heavy (non-hydrogen) atoms. The van der Waals surface area contributed by atoms with E-state index in [1.165, 1.54) is 0 Å². The van der Waals surface area contributed by atoms with Crippen molar-refractivity contribution < 1.29 is 9.53 Å². The van der Waals surface area contributed by atoms with E-state index in [9.17, 15) is 4.79 Å². The van der Waals surface area contributed by atoms with Crippen molar-refractivity contribution in [3.63, 3.8) is 0 Å². The van der Waals surface area contributed by atoms with Crippen LogP contribution in [-0.4, -0.2) is 31.0 Å². The molecular formula is C16H15BrClNO2. The third-order valence-electron chi connectivity index (χ3n) is 2.96. The molecule has 2 rings (SSSR count). The molecule has 0 fully saturated rings. The molecule has 0 spiro atoms. The van der Waals surface area contributed by atoms with Crippen LogP contribution in [0.1, 0.15) is 10.4 Å². The Morgan fingerprint density at radius 3 is 2.52 bits per heavy atom. The maximum atomic E-state index is 12.2. The number of amides is 1. The van der Waals surface area contributed by atoms with Crippen molar-refractivity contribution in [1.29, 1.82) is 0 Å². The second kappa shape index (κ2) is 7.48. The average Bonchev–Trinajstić information content (AvgIpc) is 2.49. The van der Waals surface area contributed by atoms with E-state index < -0.39 is 0 Å². The zero-order valence-corrected chi connectivity index (χ0v) is 13.9. The molecule has 110 valence electrons. The topological polar surface area (TPSA) is 29.5 Å². The molecular weight excluding hydrogens is 354 g/mol. The van der Waals surface area contributed by atoms with Crippen LogP contribution in [0.25, 0.3) is 0 Å². The molecule has 5 heteroatoms. The molecule has 0 atom stereocenters. The normalized spacial score (nSPS) is 10.2. The molecule has 0 bridgehead atoms. The molecule has 2 aromatic rings. The van der Waals surface area contributed by atoms with Gasteiger partial charge in [-0.25, -0.2) is 0 Å². The maximum Gasteiger partial charge on any atom is 0.253 e. The number of hydrogen-bond acceptors (Lipinski definition) is 2. The van der Waals surface area contributed by atoms with Gasteiger partial charge in [0, 0.05) is 17.1 Å². The first kappa shape index (κ1) is 15.9. The number of halogens is 2. The number of carbonyl (C=O) groups is 1. The van der Waals surface area contributed by atoms with Gasteiger partial charge < -0.3 is 9.64 Å². The minimum absolute atomic E-state index is 0.0368. The predicted octanol–water partition coefficient (Wildman–Crippen LogP) is 4.25. The van der Waals surface area contributed by atoms with Gasteiger partial charge in [0.2, 0.25) is 0 Å². The van der Waals surface area contributed by atoms with Crippen LogP contribution in [0.5, 0.6) is 5.75 Å². The number of para-hydroxylation sites is 1. The Labute approximate surface area is 137 Å². The molecule has 0 aliphatic heterocycles. The molecule has 0 aliphatic rings. The van der Waals surface area contributed by atoms with Gasteiger partial charge in [-0.15, -0.1) is 0 Å². The van der Waals surface area contributed by atoms with E-state index in [0.717, 1.165) is 4.47 Å². The van der Waals surface area contributed by atoms with Gasteiger partial charge >= 0.3 is 0 Å². The summed E-state index contributed by atoms with van der Waals surface area (Å²) in [6.45, 7) is 0.878. The van der Waals surface area contributed by atoms with Gasteiger partial charge in [0.05, 0.1) is 11.6 Å². The summed E-state index contributed by atoms with van der Waals surface area (Å²) in [6.07, 6.45) is 0. The summed E-state index contributed by atoms with van der Waals surface area (Å²) < 4.78 is 6.53. The Bertz CT molecular complexity index is 616. The Hall–Kier alpha value is -1.52. The summed E-state index contributed by atoms with van der Waals surface area (Å²) in [6, 6.07) is 14.6. The molecule has 0 saturated carbocycles. The lowest BCUT2D eigenvalue weighted by molar-refractivity contribution is 0.0774. The fourth-order valence-corrected chi connectivity index (χ4v) is 2.22. The zero-order valence-electron chi connectivity index (χ0n) is 11.6. The Balaban J connectivity index is 1.87. The van der Waals surface area contributed by atoms with Gasteiger partial charge in [0.15, 0.2) is 0 Å². The number of ether oxygens (including phenoxy) is 1. The highest BCUT2D eigenvalue weighted by Gasteiger charge is 2.11. The lowest BCUT2D eigenvalue weighted by atomic mass is 10.2. The first-order chi connectivity index (χ1) is 10.1. The molecule has 0 heterocycles.